The van der Waals surface area contributed by atoms with Crippen LogP contribution >= 0.6 is 0 Å². The summed E-state index contributed by atoms with van der Waals surface area (Å²) < 4.78 is 132. The van der Waals surface area contributed by atoms with E-state index >= 15 is 0 Å². The summed E-state index contributed by atoms with van der Waals surface area (Å²) in [5, 5.41) is 0. The average Bonchev–Trinajstić information content (AvgIpc) is 3.01. The Morgan fingerprint density at radius 3 is 1.07 bits per heavy atom. The molecule has 0 aliphatic heterocycles. The molecule has 252 valence electrons. The van der Waals surface area contributed by atoms with Gasteiger partial charge in [-0.2, -0.15) is 0 Å². The molecule has 0 aromatic heterocycles. The minimum atomic E-state index is -4.97. The molecule has 0 unspecified atom stereocenters. The van der Waals surface area contributed by atoms with E-state index in [4.69, 9.17) is 7.56 Å². The topological polar surface area (TPSA) is 61.8 Å². The molecular formula is C30H38F8O5Sn2. The van der Waals surface area contributed by atoms with Crippen LogP contribution in [0.2, 0.25) is 17.7 Å². The number of halogens is 8. The molecule has 2 aromatic carbocycles. The summed E-state index contributed by atoms with van der Waals surface area (Å²) in [5.74, 6) is -19.0. The number of benzene rings is 2. The molecule has 5 nitrogen and oxygen atoms in total. The molecule has 0 fully saturated rings. The molecule has 0 heterocycles. The Morgan fingerprint density at radius 2 is 0.800 bits per heavy atom. The van der Waals surface area contributed by atoms with Crippen molar-refractivity contribution in [3.8, 4) is 0 Å². The van der Waals surface area contributed by atoms with Crippen molar-refractivity contribution in [2.24, 2.45) is 0 Å². The van der Waals surface area contributed by atoms with Crippen molar-refractivity contribution >= 4 is 50.3 Å². The number of carbonyl (C=O) groups excluding carboxylic acids is 2. The van der Waals surface area contributed by atoms with Crippen LogP contribution in [-0.2, 0) is 7.56 Å². The monoisotopic (exact) mass is 870 g/mol. The summed E-state index contributed by atoms with van der Waals surface area (Å²) in [6.07, 6.45) is 4.14. The van der Waals surface area contributed by atoms with Gasteiger partial charge in [0.2, 0.25) is 0 Å². The van der Waals surface area contributed by atoms with Gasteiger partial charge in [-0.15, -0.1) is 0 Å². The first-order valence-corrected chi connectivity index (χ1v) is 27.8. The number of rotatable bonds is 18. The maximum absolute atomic E-state index is 14.7. The summed E-state index contributed by atoms with van der Waals surface area (Å²) in [6, 6.07) is 0.384. The van der Waals surface area contributed by atoms with Gasteiger partial charge in [0, 0.05) is 0 Å². The Bertz CT molecular complexity index is 1230. The molecule has 2 aromatic rings. The second kappa shape index (κ2) is 18.1. The number of unbranched alkanes of at least 4 members (excludes halogenated alkanes) is 4. The summed E-state index contributed by atoms with van der Waals surface area (Å²) >= 11 is -9.94. The Balaban J connectivity index is 2.72. The van der Waals surface area contributed by atoms with Gasteiger partial charge in [0.05, 0.1) is 0 Å². The SMILES string of the molecule is CCC[CH2][Sn]([CH2]CCC)([O]C(=O)c1cc(F)c(F)c(F)c1F)[O][Sn]([CH2]CCC)([CH2]CCC)[O]C(=O)c1cc(F)c(F)c(F)c1F. The Labute approximate surface area is 267 Å². The van der Waals surface area contributed by atoms with Gasteiger partial charge in [-0.3, -0.25) is 0 Å². The molecule has 0 amide bonds. The van der Waals surface area contributed by atoms with Crippen LogP contribution in [0.3, 0.4) is 0 Å². The number of carbonyl (C=O) groups is 2. The van der Waals surface area contributed by atoms with Crippen LogP contribution in [0.25, 0.3) is 0 Å². The number of hydrogen-bond donors (Lipinski definition) is 0. The summed E-state index contributed by atoms with van der Waals surface area (Å²) in [4.78, 5) is 26.7. The van der Waals surface area contributed by atoms with Crippen molar-refractivity contribution < 1.29 is 52.3 Å². The predicted molar refractivity (Wildman–Crippen MR) is 155 cm³/mol. The van der Waals surface area contributed by atoms with E-state index < -0.39 is 108 Å². The second-order valence-electron chi connectivity index (χ2n) is 10.8. The van der Waals surface area contributed by atoms with E-state index in [-0.39, 0.29) is 29.9 Å². The predicted octanol–water partition coefficient (Wildman–Crippen LogP) is 9.91. The van der Waals surface area contributed by atoms with E-state index in [1.54, 1.807) is 0 Å². The van der Waals surface area contributed by atoms with E-state index in [2.05, 4.69) is 0 Å². The molecule has 0 atom stereocenters. The van der Waals surface area contributed by atoms with Crippen molar-refractivity contribution in [1.29, 1.82) is 0 Å². The molecule has 0 spiro atoms. The third kappa shape index (κ3) is 10.2. The van der Waals surface area contributed by atoms with Gasteiger partial charge in [-0.1, -0.05) is 0 Å². The first-order valence-electron chi connectivity index (χ1n) is 15.0. The van der Waals surface area contributed by atoms with Crippen LogP contribution in [0.5, 0.6) is 0 Å². The van der Waals surface area contributed by atoms with Crippen molar-refractivity contribution in [2.45, 2.75) is 96.8 Å². The van der Waals surface area contributed by atoms with Gasteiger partial charge in [0.25, 0.3) is 0 Å². The molecule has 15 heteroatoms. The van der Waals surface area contributed by atoms with Gasteiger partial charge in [0.15, 0.2) is 0 Å². The second-order valence-corrected chi connectivity index (χ2v) is 32.6. The molecule has 0 aliphatic rings. The van der Waals surface area contributed by atoms with E-state index in [9.17, 15) is 44.7 Å². The third-order valence-electron chi connectivity index (χ3n) is 7.22. The fourth-order valence-electron chi connectivity index (χ4n) is 4.71. The van der Waals surface area contributed by atoms with E-state index in [0.717, 1.165) is 0 Å². The molecule has 2 rings (SSSR count). The van der Waals surface area contributed by atoms with E-state index in [1.165, 1.54) is 0 Å². The van der Waals surface area contributed by atoms with Crippen LogP contribution in [0.4, 0.5) is 35.1 Å². The molecule has 0 N–H and O–H groups in total. The fraction of sp³-hybridized carbons (Fsp3) is 0.533. The zero-order valence-electron chi connectivity index (χ0n) is 25.7. The van der Waals surface area contributed by atoms with Crippen LogP contribution in [0.1, 0.15) is 99.8 Å². The van der Waals surface area contributed by atoms with E-state index in [0.29, 0.717) is 51.4 Å². The molecule has 0 radical (unpaired) electrons. The number of hydrogen-bond acceptors (Lipinski definition) is 5. The third-order valence-corrected chi connectivity index (χ3v) is 39.5. The van der Waals surface area contributed by atoms with Crippen LogP contribution in [-0.4, -0.2) is 50.3 Å². The molecule has 45 heavy (non-hydrogen) atoms. The van der Waals surface area contributed by atoms with Gasteiger partial charge in [0.1, 0.15) is 0 Å². The molecule has 0 bridgehead atoms. The van der Waals surface area contributed by atoms with Gasteiger partial charge < -0.3 is 0 Å². The summed E-state index contributed by atoms with van der Waals surface area (Å²) in [5.41, 5.74) is -2.35. The van der Waals surface area contributed by atoms with Crippen LogP contribution in [0, 0.1) is 46.5 Å². The van der Waals surface area contributed by atoms with Gasteiger partial charge in [-0.05, 0) is 0 Å². The van der Waals surface area contributed by atoms with Gasteiger partial charge >= 0.3 is 269 Å². The standard InChI is InChI=1S/2C7H2F4O2.4C4H9.O.2Sn/c2*8-3-1-2(7(12)13)4(9)6(11)5(3)10;4*1-3-4-2;;;/h2*1H,(H,12,13);4*1,3-4H2,2H3;;;/q;;;;;;;2*+1/p-2. The van der Waals surface area contributed by atoms with Crippen LogP contribution < -0.4 is 0 Å². The molecule has 0 aliphatic carbocycles. The molecular weight excluding hydrogens is 830 g/mol. The zero-order chi connectivity index (χ0) is 33.9. The zero-order valence-corrected chi connectivity index (χ0v) is 31.4. The first kappa shape index (κ1) is 39.6. The summed E-state index contributed by atoms with van der Waals surface area (Å²) in [6.45, 7) is 7.36. The van der Waals surface area contributed by atoms with Crippen LogP contribution in [0.15, 0.2) is 12.1 Å². The fourth-order valence-corrected chi connectivity index (χ4v) is 45.8. The summed E-state index contributed by atoms with van der Waals surface area (Å²) in [7, 11) is 0. The maximum atomic E-state index is 14.7. The van der Waals surface area contributed by atoms with Crippen molar-refractivity contribution in [1.82, 2.24) is 0 Å². The Kier molecular flexibility index (Phi) is 15.9. The van der Waals surface area contributed by atoms with Crippen molar-refractivity contribution in [3.63, 3.8) is 0 Å². The van der Waals surface area contributed by atoms with Crippen molar-refractivity contribution in [2.75, 3.05) is 0 Å². The minimum absolute atomic E-state index is 0.174. The van der Waals surface area contributed by atoms with Crippen molar-refractivity contribution in [3.05, 3.63) is 69.8 Å². The van der Waals surface area contributed by atoms with Gasteiger partial charge in [-0.25, -0.2) is 0 Å². The average molecular weight is 868 g/mol. The van der Waals surface area contributed by atoms with E-state index in [1.807, 2.05) is 27.7 Å². The molecule has 0 saturated heterocycles. The Morgan fingerprint density at radius 1 is 0.511 bits per heavy atom. The Hall–Kier alpha value is -1.62. The molecule has 0 saturated carbocycles. The normalized spacial score (nSPS) is 12.0. The first-order chi connectivity index (χ1) is 21.2. The quantitative estimate of drug-likeness (QED) is 0.0647.